The van der Waals surface area contributed by atoms with Gasteiger partial charge in [-0.2, -0.15) is 0 Å². The van der Waals surface area contributed by atoms with Crippen molar-refractivity contribution in [2.24, 2.45) is 4.99 Å². The third-order valence-corrected chi connectivity index (χ3v) is 5.13. The lowest BCUT2D eigenvalue weighted by molar-refractivity contribution is 0.160. The first-order chi connectivity index (χ1) is 8.79. The number of nitrogens with one attached hydrogen (secondary N) is 1. The van der Waals surface area contributed by atoms with E-state index in [-0.39, 0.29) is 0 Å². The smallest absolute Gasteiger partial charge is 0.156 e. The molecule has 0 radical (unpaired) electrons. The monoisotopic (exact) mass is 269 g/mol. The highest BCUT2D eigenvalue weighted by atomic mass is 32.2. The third kappa shape index (κ3) is 4.16. The lowest BCUT2D eigenvalue weighted by Crippen LogP contribution is -2.38. The summed E-state index contributed by atoms with van der Waals surface area (Å²) in [7, 11) is 0. The van der Waals surface area contributed by atoms with Gasteiger partial charge in [0.2, 0.25) is 0 Å². The molecule has 0 amide bonds. The second-order valence-electron chi connectivity index (χ2n) is 5.48. The summed E-state index contributed by atoms with van der Waals surface area (Å²) in [5.41, 5.74) is 0. The molecule has 2 aliphatic rings. The van der Waals surface area contributed by atoms with Crippen molar-refractivity contribution in [3.8, 4) is 0 Å². The number of amidine groups is 1. The predicted octanol–water partition coefficient (Wildman–Crippen LogP) is 2.72. The predicted molar refractivity (Wildman–Crippen MR) is 81.5 cm³/mol. The molecule has 104 valence electrons. The van der Waals surface area contributed by atoms with Crippen molar-refractivity contribution in [3.05, 3.63) is 0 Å². The van der Waals surface area contributed by atoms with E-state index in [0.29, 0.717) is 6.04 Å². The summed E-state index contributed by atoms with van der Waals surface area (Å²) in [6, 6.07) is 1.44. The molecule has 4 heteroatoms. The minimum Gasteiger partial charge on any atom is -0.361 e. The highest BCUT2D eigenvalue weighted by Crippen LogP contribution is 2.17. The van der Waals surface area contributed by atoms with Crippen molar-refractivity contribution in [2.75, 3.05) is 25.4 Å². The van der Waals surface area contributed by atoms with E-state index in [1.54, 1.807) is 0 Å². The molecule has 0 saturated carbocycles. The molecule has 2 aliphatic heterocycles. The van der Waals surface area contributed by atoms with Crippen molar-refractivity contribution < 1.29 is 0 Å². The Balaban J connectivity index is 1.62. The van der Waals surface area contributed by atoms with Crippen LogP contribution in [0, 0.1) is 0 Å². The Morgan fingerprint density at radius 3 is 3.06 bits per heavy atom. The molecule has 2 fully saturated rings. The van der Waals surface area contributed by atoms with Crippen LogP contribution in [-0.4, -0.2) is 47.5 Å². The van der Waals surface area contributed by atoms with Gasteiger partial charge in [0.05, 0.1) is 0 Å². The molecule has 0 spiro atoms. The first-order valence-electron chi connectivity index (χ1n) is 7.47. The van der Waals surface area contributed by atoms with Gasteiger partial charge in [0.25, 0.3) is 0 Å². The van der Waals surface area contributed by atoms with E-state index in [1.165, 1.54) is 56.1 Å². The normalized spacial score (nSPS) is 31.8. The number of thioether (sulfide) groups is 1. The highest BCUT2D eigenvalue weighted by Gasteiger charge is 2.19. The standard InChI is InChI=1S/C14H27N3S/c1-3-13-11-18-14(16-13)15-8-6-10-17-9-5-4-7-12(17)2/h12-13H,3-11H2,1-2H3,(H,15,16). The summed E-state index contributed by atoms with van der Waals surface area (Å²) in [4.78, 5) is 7.31. The number of aliphatic imine (C=N–C) groups is 1. The SMILES string of the molecule is CCC1CSC(=NCCCN2CCCCC2C)N1. The van der Waals surface area contributed by atoms with Gasteiger partial charge in [0, 0.05) is 30.9 Å². The van der Waals surface area contributed by atoms with Crippen LogP contribution in [0.25, 0.3) is 0 Å². The van der Waals surface area contributed by atoms with Crippen LogP contribution in [0.2, 0.25) is 0 Å². The summed E-state index contributed by atoms with van der Waals surface area (Å²) < 4.78 is 0. The van der Waals surface area contributed by atoms with Crippen LogP contribution in [0.1, 0.15) is 46.0 Å². The maximum Gasteiger partial charge on any atom is 0.156 e. The lowest BCUT2D eigenvalue weighted by Gasteiger charge is -2.33. The van der Waals surface area contributed by atoms with Crippen LogP contribution in [0.3, 0.4) is 0 Å². The summed E-state index contributed by atoms with van der Waals surface area (Å²) in [6.45, 7) is 8.10. The number of hydrogen-bond donors (Lipinski definition) is 1. The summed E-state index contributed by atoms with van der Waals surface area (Å²) in [5, 5.41) is 4.66. The highest BCUT2D eigenvalue weighted by molar-refractivity contribution is 8.14. The Labute approximate surface area is 116 Å². The molecule has 18 heavy (non-hydrogen) atoms. The molecular formula is C14H27N3S. The second-order valence-corrected chi connectivity index (χ2v) is 6.49. The summed E-state index contributed by atoms with van der Waals surface area (Å²) in [6.07, 6.45) is 6.58. The van der Waals surface area contributed by atoms with Crippen LogP contribution in [-0.2, 0) is 0 Å². The van der Waals surface area contributed by atoms with Crippen molar-refractivity contribution in [3.63, 3.8) is 0 Å². The molecule has 0 aromatic rings. The Morgan fingerprint density at radius 1 is 1.44 bits per heavy atom. The Morgan fingerprint density at radius 2 is 2.33 bits per heavy atom. The molecule has 0 aromatic heterocycles. The number of hydrogen-bond acceptors (Lipinski definition) is 3. The molecule has 0 aliphatic carbocycles. The van der Waals surface area contributed by atoms with Gasteiger partial charge in [-0.15, -0.1) is 0 Å². The zero-order chi connectivity index (χ0) is 12.8. The van der Waals surface area contributed by atoms with Crippen molar-refractivity contribution >= 4 is 16.9 Å². The van der Waals surface area contributed by atoms with Gasteiger partial charge in [-0.25, -0.2) is 0 Å². The van der Waals surface area contributed by atoms with Gasteiger partial charge in [0.15, 0.2) is 5.17 Å². The van der Waals surface area contributed by atoms with Crippen molar-refractivity contribution in [1.29, 1.82) is 0 Å². The summed E-state index contributed by atoms with van der Waals surface area (Å²) in [5.74, 6) is 1.19. The van der Waals surface area contributed by atoms with E-state index in [1.807, 2.05) is 11.8 Å². The molecule has 3 nitrogen and oxygen atoms in total. The molecule has 0 aromatic carbocycles. The minimum atomic E-state index is 0.649. The van der Waals surface area contributed by atoms with Crippen LogP contribution in [0.15, 0.2) is 4.99 Å². The van der Waals surface area contributed by atoms with Crippen LogP contribution < -0.4 is 5.32 Å². The van der Waals surface area contributed by atoms with Crippen LogP contribution in [0.5, 0.6) is 0 Å². The Hall–Kier alpha value is -0.220. The zero-order valence-corrected chi connectivity index (χ0v) is 12.6. The maximum absolute atomic E-state index is 4.67. The average Bonchev–Trinajstić information content (AvgIpc) is 2.84. The number of piperidine rings is 1. The number of nitrogens with zero attached hydrogens (tertiary/aromatic N) is 2. The molecule has 2 atom stereocenters. The first kappa shape index (κ1) is 14.2. The van der Waals surface area contributed by atoms with Crippen LogP contribution >= 0.6 is 11.8 Å². The van der Waals surface area contributed by atoms with Gasteiger partial charge < -0.3 is 10.2 Å². The largest absolute Gasteiger partial charge is 0.361 e. The fraction of sp³-hybridized carbons (Fsp3) is 0.929. The van der Waals surface area contributed by atoms with Gasteiger partial charge in [-0.1, -0.05) is 25.1 Å². The topological polar surface area (TPSA) is 27.6 Å². The average molecular weight is 269 g/mol. The Bertz CT molecular complexity index is 280. The van der Waals surface area contributed by atoms with Crippen molar-refractivity contribution in [2.45, 2.75) is 58.0 Å². The van der Waals surface area contributed by atoms with E-state index in [4.69, 9.17) is 0 Å². The fourth-order valence-electron chi connectivity index (χ4n) is 2.69. The Kier molecular flexibility index (Phi) is 5.83. The van der Waals surface area contributed by atoms with E-state index >= 15 is 0 Å². The first-order valence-corrected chi connectivity index (χ1v) is 8.46. The molecule has 1 N–H and O–H groups in total. The maximum atomic E-state index is 4.67. The fourth-order valence-corrected chi connectivity index (χ4v) is 3.80. The third-order valence-electron chi connectivity index (χ3n) is 4.04. The van der Waals surface area contributed by atoms with Gasteiger partial charge in [-0.3, -0.25) is 4.99 Å². The molecular weight excluding hydrogens is 242 g/mol. The zero-order valence-electron chi connectivity index (χ0n) is 11.8. The second kappa shape index (κ2) is 7.39. The molecule has 2 heterocycles. The molecule has 2 unspecified atom stereocenters. The van der Waals surface area contributed by atoms with Crippen LogP contribution in [0.4, 0.5) is 0 Å². The number of likely N-dealkylation sites (tertiary alicyclic amines) is 1. The van der Waals surface area contributed by atoms with E-state index in [9.17, 15) is 0 Å². The number of rotatable bonds is 5. The van der Waals surface area contributed by atoms with Gasteiger partial charge in [0.1, 0.15) is 0 Å². The van der Waals surface area contributed by atoms with Gasteiger partial charge in [-0.05, 0) is 39.2 Å². The molecule has 2 rings (SSSR count). The minimum absolute atomic E-state index is 0.649. The van der Waals surface area contributed by atoms with E-state index in [2.05, 4.69) is 29.1 Å². The summed E-state index contributed by atoms with van der Waals surface area (Å²) >= 11 is 1.89. The molecule has 0 bridgehead atoms. The quantitative estimate of drug-likeness (QED) is 0.778. The van der Waals surface area contributed by atoms with E-state index in [0.717, 1.165) is 12.6 Å². The van der Waals surface area contributed by atoms with E-state index < -0.39 is 0 Å². The van der Waals surface area contributed by atoms with Gasteiger partial charge >= 0.3 is 0 Å². The lowest BCUT2D eigenvalue weighted by atomic mass is 10.0. The van der Waals surface area contributed by atoms with Crippen molar-refractivity contribution in [1.82, 2.24) is 10.2 Å². The molecule has 2 saturated heterocycles.